The molecule has 0 aliphatic rings. The van der Waals surface area contributed by atoms with Gasteiger partial charge < -0.3 is 9.84 Å². The topological polar surface area (TPSA) is 75.2 Å². The van der Waals surface area contributed by atoms with Crippen molar-refractivity contribution in [2.24, 2.45) is 0 Å². The first-order valence-electron chi connectivity index (χ1n) is 5.93. The predicted octanol–water partition coefficient (Wildman–Crippen LogP) is 3.44. The molecule has 0 radical (unpaired) electrons. The fourth-order valence-electron chi connectivity index (χ4n) is 1.73. The standard InChI is InChI=1S/C14H12Cl2N2O3/c1-7-5-11(18-17-7)9(14(20)21-2)6-8-3-4-10(15)13(19)12(8)16/h3-6,19H,1-2H3,(H,17,18)/b9-6-. The van der Waals surface area contributed by atoms with E-state index in [2.05, 4.69) is 10.2 Å². The first-order valence-corrected chi connectivity index (χ1v) is 6.69. The Labute approximate surface area is 131 Å². The lowest BCUT2D eigenvalue weighted by Gasteiger charge is -2.06. The molecule has 0 saturated carbocycles. The van der Waals surface area contributed by atoms with Crippen molar-refractivity contribution in [1.82, 2.24) is 10.2 Å². The van der Waals surface area contributed by atoms with Crippen LogP contribution in [0, 0.1) is 6.92 Å². The summed E-state index contributed by atoms with van der Waals surface area (Å²) in [5, 5.41) is 16.7. The van der Waals surface area contributed by atoms with E-state index in [0.717, 1.165) is 5.69 Å². The Kier molecular flexibility index (Phi) is 4.55. The summed E-state index contributed by atoms with van der Waals surface area (Å²) in [5.41, 5.74) is 1.86. The van der Waals surface area contributed by atoms with Gasteiger partial charge in [-0.25, -0.2) is 4.79 Å². The molecule has 0 saturated heterocycles. The van der Waals surface area contributed by atoms with Gasteiger partial charge in [0.05, 0.1) is 28.4 Å². The zero-order chi connectivity index (χ0) is 15.6. The number of ether oxygens (including phenoxy) is 1. The smallest absolute Gasteiger partial charge is 0.340 e. The van der Waals surface area contributed by atoms with Crippen molar-refractivity contribution in [2.75, 3.05) is 7.11 Å². The lowest BCUT2D eigenvalue weighted by atomic mass is 10.1. The molecule has 110 valence electrons. The highest BCUT2D eigenvalue weighted by molar-refractivity contribution is 6.38. The van der Waals surface area contributed by atoms with Crippen LogP contribution >= 0.6 is 23.2 Å². The summed E-state index contributed by atoms with van der Waals surface area (Å²) in [7, 11) is 1.27. The summed E-state index contributed by atoms with van der Waals surface area (Å²) < 4.78 is 4.75. The quantitative estimate of drug-likeness (QED) is 0.669. The number of hydrogen-bond donors (Lipinski definition) is 2. The fraction of sp³-hybridized carbons (Fsp3) is 0.143. The molecule has 7 heteroatoms. The Bertz CT molecular complexity index is 723. The number of rotatable bonds is 3. The Hall–Kier alpha value is -1.98. The van der Waals surface area contributed by atoms with Crippen LogP contribution in [-0.2, 0) is 9.53 Å². The molecule has 2 N–H and O–H groups in total. The van der Waals surface area contributed by atoms with E-state index >= 15 is 0 Å². The van der Waals surface area contributed by atoms with Crippen molar-refractivity contribution in [3.8, 4) is 5.75 Å². The van der Waals surface area contributed by atoms with Gasteiger partial charge in [0.2, 0.25) is 0 Å². The number of aromatic amines is 1. The molecule has 0 aliphatic carbocycles. The van der Waals surface area contributed by atoms with Crippen LogP contribution in [0.25, 0.3) is 11.6 Å². The van der Waals surface area contributed by atoms with E-state index in [1.165, 1.54) is 19.3 Å². The number of halogens is 2. The lowest BCUT2D eigenvalue weighted by molar-refractivity contribution is -0.133. The van der Waals surface area contributed by atoms with Gasteiger partial charge in [0.15, 0.2) is 5.75 Å². The van der Waals surface area contributed by atoms with Crippen LogP contribution in [0.2, 0.25) is 10.0 Å². The summed E-state index contributed by atoms with van der Waals surface area (Å²) in [6.07, 6.45) is 1.49. The Morgan fingerprint density at radius 3 is 2.71 bits per heavy atom. The van der Waals surface area contributed by atoms with E-state index in [4.69, 9.17) is 27.9 Å². The number of phenolic OH excluding ortho intramolecular Hbond substituents is 1. The number of methoxy groups -OCH3 is 1. The van der Waals surface area contributed by atoms with Crippen molar-refractivity contribution < 1.29 is 14.6 Å². The number of carbonyl (C=O) groups excluding carboxylic acids is 1. The molecule has 2 aromatic rings. The minimum Gasteiger partial charge on any atom is -0.505 e. The van der Waals surface area contributed by atoms with Crippen molar-refractivity contribution in [3.05, 3.63) is 45.2 Å². The average molecular weight is 327 g/mol. The maximum atomic E-state index is 11.9. The van der Waals surface area contributed by atoms with Gasteiger partial charge in [-0.1, -0.05) is 29.3 Å². The number of nitrogens with one attached hydrogen (secondary N) is 1. The highest BCUT2D eigenvalue weighted by atomic mass is 35.5. The van der Waals surface area contributed by atoms with E-state index in [0.29, 0.717) is 11.3 Å². The van der Waals surface area contributed by atoms with Gasteiger partial charge in [0, 0.05) is 5.69 Å². The SMILES string of the molecule is COC(=O)/C(=C\c1ccc(Cl)c(O)c1Cl)c1cc(C)[nH]n1. The molecule has 0 amide bonds. The van der Waals surface area contributed by atoms with Crippen molar-refractivity contribution >= 4 is 40.8 Å². The highest BCUT2D eigenvalue weighted by Crippen LogP contribution is 2.36. The second-order valence-corrected chi connectivity index (χ2v) is 5.07. The van der Waals surface area contributed by atoms with Gasteiger partial charge in [-0.15, -0.1) is 0 Å². The summed E-state index contributed by atoms with van der Waals surface area (Å²) in [6, 6.07) is 4.78. The largest absolute Gasteiger partial charge is 0.505 e. The average Bonchev–Trinajstić information content (AvgIpc) is 2.89. The van der Waals surface area contributed by atoms with E-state index in [-0.39, 0.29) is 21.4 Å². The molecule has 1 heterocycles. The van der Waals surface area contributed by atoms with E-state index in [9.17, 15) is 9.90 Å². The molecule has 0 unspecified atom stereocenters. The maximum absolute atomic E-state index is 11.9. The molecule has 0 spiro atoms. The number of carbonyl (C=O) groups is 1. The number of nitrogens with zero attached hydrogens (tertiary/aromatic N) is 1. The normalized spacial score (nSPS) is 11.5. The van der Waals surface area contributed by atoms with Gasteiger partial charge in [0.1, 0.15) is 0 Å². The predicted molar refractivity (Wildman–Crippen MR) is 81.3 cm³/mol. The third-order valence-electron chi connectivity index (χ3n) is 2.78. The molecule has 0 atom stereocenters. The van der Waals surface area contributed by atoms with E-state index in [1.54, 1.807) is 12.1 Å². The number of benzene rings is 1. The van der Waals surface area contributed by atoms with Crippen molar-refractivity contribution in [3.63, 3.8) is 0 Å². The Balaban J connectivity index is 2.56. The number of H-pyrrole nitrogens is 1. The van der Waals surface area contributed by atoms with Crippen LogP contribution in [0.1, 0.15) is 17.0 Å². The molecule has 1 aromatic heterocycles. The number of aromatic nitrogens is 2. The number of aromatic hydroxyl groups is 1. The highest BCUT2D eigenvalue weighted by Gasteiger charge is 2.17. The monoisotopic (exact) mass is 326 g/mol. The molecule has 2 rings (SSSR count). The van der Waals surface area contributed by atoms with Gasteiger partial charge in [0.25, 0.3) is 0 Å². The van der Waals surface area contributed by atoms with Crippen LogP contribution in [-0.4, -0.2) is 28.4 Å². The minimum atomic E-state index is -0.563. The molecule has 1 aromatic carbocycles. The Morgan fingerprint density at radius 1 is 1.43 bits per heavy atom. The lowest BCUT2D eigenvalue weighted by Crippen LogP contribution is -2.04. The molecule has 21 heavy (non-hydrogen) atoms. The van der Waals surface area contributed by atoms with Crippen LogP contribution in [0.4, 0.5) is 0 Å². The molecule has 0 fully saturated rings. The molecule has 0 bridgehead atoms. The summed E-state index contributed by atoms with van der Waals surface area (Å²) in [5.74, 6) is -0.804. The summed E-state index contributed by atoms with van der Waals surface area (Å²) in [6.45, 7) is 1.81. The third kappa shape index (κ3) is 3.20. The van der Waals surface area contributed by atoms with Crippen LogP contribution < -0.4 is 0 Å². The van der Waals surface area contributed by atoms with Crippen molar-refractivity contribution in [2.45, 2.75) is 6.92 Å². The number of hydrogen-bond acceptors (Lipinski definition) is 4. The molecular weight excluding hydrogens is 315 g/mol. The molecule has 0 aliphatic heterocycles. The fourth-order valence-corrected chi connectivity index (χ4v) is 2.15. The van der Waals surface area contributed by atoms with Gasteiger partial charge in [-0.05, 0) is 30.7 Å². The van der Waals surface area contributed by atoms with Crippen LogP contribution in [0.3, 0.4) is 0 Å². The number of aryl methyl sites for hydroxylation is 1. The molecule has 5 nitrogen and oxygen atoms in total. The van der Waals surface area contributed by atoms with E-state index in [1.807, 2.05) is 6.92 Å². The van der Waals surface area contributed by atoms with Gasteiger partial charge in [-0.2, -0.15) is 5.10 Å². The summed E-state index contributed by atoms with van der Waals surface area (Å²) >= 11 is 11.8. The number of phenols is 1. The van der Waals surface area contributed by atoms with Crippen LogP contribution in [0.15, 0.2) is 18.2 Å². The minimum absolute atomic E-state index is 0.0520. The van der Waals surface area contributed by atoms with Crippen LogP contribution in [0.5, 0.6) is 5.75 Å². The third-order valence-corrected chi connectivity index (χ3v) is 3.49. The first-order chi connectivity index (χ1) is 9.93. The second kappa shape index (κ2) is 6.20. The van der Waals surface area contributed by atoms with E-state index < -0.39 is 5.97 Å². The maximum Gasteiger partial charge on any atom is 0.340 e. The molecular formula is C14H12Cl2N2O3. The first kappa shape index (κ1) is 15.4. The van der Waals surface area contributed by atoms with Gasteiger partial charge >= 0.3 is 5.97 Å². The zero-order valence-electron chi connectivity index (χ0n) is 11.3. The Morgan fingerprint density at radius 2 is 2.14 bits per heavy atom. The second-order valence-electron chi connectivity index (χ2n) is 4.28. The number of esters is 1. The van der Waals surface area contributed by atoms with Gasteiger partial charge in [-0.3, -0.25) is 5.10 Å². The zero-order valence-corrected chi connectivity index (χ0v) is 12.8. The summed E-state index contributed by atoms with van der Waals surface area (Å²) in [4.78, 5) is 11.9. The van der Waals surface area contributed by atoms with Crippen molar-refractivity contribution in [1.29, 1.82) is 0 Å².